The van der Waals surface area contributed by atoms with Crippen LogP contribution in [0.25, 0.3) is 11.3 Å². The molecule has 1 saturated heterocycles. The molecule has 0 aliphatic carbocycles. The quantitative estimate of drug-likeness (QED) is 0.477. The molecule has 4 rings (SSSR count). The lowest BCUT2D eigenvalue weighted by atomic mass is 9.98. The summed E-state index contributed by atoms with van der Waals surface area (Å²) in [6, 6.07) is 18.6. The second-order valence-corrected chi connectivity index (χ2v) is 8.61. The number of carbonyl (C=O) groups excluding carboxylic acids is 1. The number of hydrogen-bond donors (Lipinski definition) is 2. The monoisotopic (exact) mass is 453 g/mol. The third kappa shape index (κ3) is 5.27. The Hall–Kier alpha value is -2.83. The fourth-order valence-electron chi connectivity index (χ4n) is 3.68. The first kappa shape index (κ1) is 21.4. The Kier molecular flexibility index (Phi) is 6.59. The van der Waals surface area contributed by atoms with Crippen LogP contribution in [0.1, 0.15) is 30.3 Å². The minimum Gasteiger partial charge on any atom is -0.451 e. The van der Waals surface area contributed by atoms with Crippen LogP contribution in [0.3, 0.4) is 0 Å². The Morgan fingerprint density at radius 2 is 1.87 bits per heavy atom. The van der Waals surface area contributed by atoms with Crippen LogP contribution in [0.5, 0.6) is 0 Å². The van der Waals surface area contributed by atoms with E-state index in [4.69, 9.17) is 28.2 Å². The standard InChI is InChI=1S/C24H24ClN3O2S/c1-16-11-13-28(14-12-16)20-8-3-2-7-19(20)26-24(31)27-23(29)22-10-9-21(30-22)17-5-4-6-18(25)15-17/h2-10,15-16H,11-14H2,1H3,(H2,26,27,29,31). The van der Waals surface area contributed by atoms with Crippen LogP contribution >= 0.6 is 23.8 Å². The number of nitrogens with zero attached hydrogens (tertiary/aromatic N) is 1. The van der Waals surface area contributed by atoms with Gasteiger partial charge in [-0.2, -0.15) is 0 Å². The summed E-state index contributed by atoms with van der Waals surface area (Å²) < 4.78 is 5.70. The zero-order chi connectivity index (χ0) is 21.8. The fraction of sp³-hybridized carbons (Fsp3) is 0.250. The van der Waals surface area contributed by atoms with Gasteiger partial charge in [0.25, 0.3) is 5.91 Å². The largest absolute Gasteiger partial charge is 0.451 e. The number of rotatable bonds is 4. The van der Waals surface area contributed by atoms with Crippen molar-refractivity contribution in [3.05, 3.63) is 71.4 Å². The first-order chi connectivity index (χ1) is 15.0. The van der Waals surface area contributed by atoms with Crippen molar-refractivity contribution in [3.63, 3.8) is 0 Å². The Morgan fingerprint density at radius 1 is 1.10 bits per heavy atom. The van der Waals surface area contributed by atoms with Gasteiger partial charge in [0.15, 0.2) is 10.9 Å². The normalized spacial score (nSPS) is 14.3. The summed E-state index contributed by atoms with van der Waals surface area (Å²) in [5, 5.41) is 6.69. The Bertz CT molecular complexity index is 1090. The molecule has 0 bridgehead atoms. The van der Waals surface area contributed by atoms with Gasteiger partial charge < -0.3 is 14.6 Å². The molecule has 0 spiro atoms. The molecule has 31 heavy (non-hydrogen) atoms. The number of piperidine rings is 1. The van der Waals surface area contributed by atoms with Crippen molar-refractivity contribution in [2.45, 2.75) is 19.8 Å². The maximum absolute atomic E-state index is 12.6. The Morgan fingerprint density at radius 3 is 2.65 bits per heavy atom. The van der Waals surface area contributed by atoms with Gasteiger partial charge >= 0.3 is 0 Å². The number of furan rings is 1. The predicted octanol–water partition coefficient (Wildman–Crippen LogP) is 5.96. The van der Waals surface area contributed by atoms with E-state index in [9.17, 15) is 4.79 Å². The number of thiocarbonyl (C=S) groups is 1. The summed E-state index contributed by atoms with van der Waals surface area (Å²) in [6.07, 6.45) is 2.34. The maximum atomic E-state index is 12.6. The zero-order valence-electron chi connectivity index (χ0n) is 17.2. The van der Waals surface area contributed by atoms with Gasteiger partial charge in [-0.3, -0.25) is 10.1 Å². The lowest BCUT2D eigenvalue weighted by Crippen LogP contribution is -2.36. The van der Waals surface area contributed by atoms with Gasteiger partial charge in [-0.05, 0) is 67.4 Å². The second kappa shape index (κ2) is 9.54. The molecule has 3 aromatic rings. The van der Waals surface area contributed by atoms with E-state index in [-0.39, 0.29) is 10.9 Å². The van der Waals surface area contributed by atoms with Crippen LogP contribution in [-0.4, -0.2) is 24.1 Å². The fourth-order valence-corrected chi connectivity index (χ4v) is 4.07. The molecule has 2 aromatic carbocycles. The summed E-state index contributed by atoms with van der Waals surface area (Å²) >= 11 is 11.4. The van der Waals surface area contributed by atoms with Crippen molar-refractivity contribution in [1.82, 2.24) is 5.32 Å². The van der Waals surface area contributed by atoms with Gasteiger partial charge in [0, 0.05) is 23.7 Å². The number of hydrogen-bond acceptors (Lipinski definition) is 4. The summed E-state index contributed by atoms with van der Waals surface area (Å²) in [5.41, 5.74) is 2.77. The van der Waals surface area contributed by atoms with Gasteiger partial charge in [-0.25, -0.2) is 0 Å². The second-order valence-electron chi connectivity index (χ2n) is 7.77. The van der Waals surface area contributed by atoms with Crippen molar-refractivity contribution in [2.24, 2.45) is 5.92 Å². The number of halogens is 1. The smallest absolute Gasteiger partial charge is 0.293 e. The Labute approximate surface area is 192 Å². The van der Waals surface area contributed by atoms with Crippen LogP contribution in [0.15, 0.2) is 65.1 Å². The first-order valence-electron chi connectivity index (χ1n) is 10.3. The van der Waals surface area contributed by atoms with Crippen molar-refractivity contribution in [2.75, 3.05) is 23.3 Å². The minimum atomic E-state index is -0.407. The number of carbonyl (C=O) groups is 1. The number of nitrogens with one attached hydrogen (secondary N) is 2. The summed E-state index contributed by atoms with van der Waals surface area (Å²) in [6.45, 7) is 4.31. The van der Waals surface area contributed by atoms with Gasteiger partial charge in [0.2, 0.25) is 0 Å². The van der Waals surface area contributed by atoms with Gasteiger partial charge in [0.05, 0.1) is 11.4 Å². The maximum Gasteiger partial charge on any atom is 0.293 e. The summed E-state index contributed by atoms with van der Waals surface area (Å²) in [7, 11) is 0. The van der Waals surface area contributed by atoms with Gasteiger partial charge in [0.1, 0.15) is 5.76 Å². The number of benzene rings is 2. The van der Waals surface area contributed by atoms with E-state index >= 15 is 0 Å². The molecule has 0 radical (unpaired) electrons. The van der Waals surface area contributed by atoms with Crippen molar-refractivity contribution in [3.8, 4) is 11.3 Å². The highest BCUT2D eigenvalue weighted by atomic mass is 35.5. The third-order valence-corrected chi connectivity index (χ3v) is 5.88. The van der Waals surface area contributed by atoms with Crippen LogP contribution in [0.4, 0.5) is 11.4 Å². The SMILES string of the molecule is CC1CCN(c2ccccc2NC(=S)NC(=O)c2ccc(-c3cccc(Cl)c3)o2)CC1. The molecular formula is C24H24ClN3O2S. The average Bonchev–Trinajstić information content (AvgIpc) is 3.25. The van der Waals surface area contributed by atoms with E-state index in [1.165, 1.54) is 12.8 Å². The van der Waals surface area contributed by atoms with Crippen LogP contribution < -0.4 is 15.5 Å². The molecule has 1 aromatic heterocycles. The summed E-state index contributed by atoms with van der Waals surface area (Å²) in [4.78, 5) is 15.0. The van der Waals surface area contributed by atoms with E-state index in [2.05, 4.69) is 28.5 Å². The average molecular weight is 454 g/mol. The predicted molar refractivity (Wildman–Crippen MR) is 130 cm³/mol. The van der Waals surface area contributed by atoms with E-state index < -0.39 is 5.91 Å². The topological polar surface area (TPSA) is 57.5 Å². The molecule has 1 amide bonds. The molecule has 0 saturated carbocycles. The van der Waals surface area contributed by atoms with Crippen molar-refractivity contribution in [1.29, 1.82) is 0 Å². The lowest BCUT2D eigenvalue weighted by Gasteiger charge is -2.33. The molecule has 1 aliphatic rings. The number of anilines is 2. The highest BCUT2D eigenvalue weighted by Gasteiger charge is 2.19. The van der Waals surface area contributed by atoms with Crippen LogP contribution in [0, 0.1) is 5.92 Å². The molecule has 2 N–H and O–H groups in total. The highest BCUT2D eigenvalue weighted by molar-refractivity contribution is 7.80. The molecule has 160 valence electrons. The molecule has 1 aliphatic heterocycles. The molecule has 1 fully saturated rings. The molecule has 5 nitrogen and oxygen atoms in total. The molecule has 2 heterocycles. The highest BCUT2D eigenvalue weighted by Crippen LogP contribution is 2.30. The first-order valence-corrected chi connectivity index (χ1v) is 11.1. The molecule has 0 atom stereocenters. The summed E-state index contributed by atoms with van der Waals surface area (Å²) in [5.74, 6) is 1.09. The van der Waals surface area contributed by atoms with Crippen molar-refractivity contribution < 1.29 is 9.21 Å². The van der Waals surface area contributed by atoms with E-state index in [0.717, 1.165) is 35.9 Å². The number of amides is 1. The molecule has 0 unspecified atom stereocenters. The van der Waals surface area contributed by atoms with Gasteiger partial charge in [-0.1, -0.05) is 42.8 Å². The van der Waals surface area contributed by atoms with Crippen LogP contribution in [-0.2, 0) is 0 Å². The van der Waals surface area contributed by atoms with Crippen molar-refractivity contribution >= 4 is 46.2 Å². The number of para-hydroxylation sites is 2. The minimum absolute atomic E-state index is 0.178. The van der Waals surface area contributed by atoms with Gasteiger partial charge in [-0.15, -0.1) is 0 Å². The molecular weight excluding hydrogens is 430 g/mol. The lowest BCUT2D eigenvalue weighted by molar-refractivity contribution is 0.0951. The van der Waals surface area contributed by atoms with E-state index in [1.807, 2.05) is 30.3 Å². The van der Waals surface area contributed by atoms with E-state index in [1.54, 1.807) is 24.3 Å². The molecule has 7 heteroatoms. The van der Waals surface area contributed by atoms with Crippen LogP contribution in [0.2, 0.25) is 5.02 Å². The van der Waals surface area contributed by atoms with E-state index in [0.29, 0.717) is 10.8 Å². The third-order valence-electron chi connectivity index (χ3n) is 5.44. The zero-order valence-corrected chi connectivity index (χ0v) is 18.8. The Balaban J connectivity index is 1.41.